The Balaban J connectivity index is 2.30. The molecule has 0 spiro atoms. The van der Waals surface area contributed by atoms with Gasteiger partial charge in [-0.3, -0.25) is 0 Å². The molecule has 0 atom stereocenters. The summed E-state index contributed by atoms with van der Waals surface area (Å²) in [4.78, 5) is 0. The van der Waals surface area contributed by atoms with Gasteiger partial charge < -0.3 is 0 Å². The standard InChI is InChI=1S/C12H8Cl2Te/c13-9-5-1-3-7-11(9)15-12-8-4-2-6-10(12)14/h1-8H. The summed E-state index contributed by atoms with van der Waals surface area (Å²) in [6.07, 6.45) is 0. The minimum absolute atomic E-state index is 0.471. The molecule has 2 aromatic rings. The van der Waals surface area contributed by atoms with E-state index in [1.165, 1.54) is 7.22 Å². The molecule has 2 aromatic carbocycles. The van der Waals surface area contributed by atoms with Gasteiger partial charge in [-0.05, 0) is 0 Å². The van der Waals surface area contributed by atoms with Gasteiger partial charge in [0.1, 0.15) is 0 Å². The number of halogens is 2. The van der Waals surface area contributed by atoms with Crippen LogP contribution in [0.25, 0.3) is 0 Å². The monoisotopic (exact) mass is 352 g/mol. The molecule has 0 unspecified atom stereocenters. The molecule has 15 heavy (non-hydrogen) atoms. The van der Waals surface area contributed by atoms with Crippen LogP contribution in [-0.2, 0) is 0 Å². The summed E-state index contributed by atoms with van der Waals surface area (Å²) in [5, 5.41) is 1.69. The van der Waals surface area contributed by atoms with Gasteiger partial charge >= 0.3 is 110 Å². The Morgan fingerprint density at radius 2 is 1.07 bits per heavy atom. The van der Waals surface area contributed by atoms with Crippen LogP contribution in [0, 0.1) is 0 Å². The molecule has 0 N–H and O–H groups in total. The average Bonchev–Trinajstić information content (AvgIpc) is 2.24. The second-order valence-electron chi connectivity index (χ2n) is 2.96. The predicted molar refractivity (Wildman–Crippen MR) is 67.9 cm³/mol. The average molecular weight is 351 g/mol. The van der Waals surface area contributed by atoms with E-state index in [-0.39, 0.29) is 0 Å². The molecule has 0 aliphatic carbocycles. The van der Waals surface area contributed by atoms with Crippen molar-refractivity contribution in [1.29, 1.82) is 0 Å². The Labute approximate surface area is 109 Å². The molecule has 76 valence electrons. The number of benzene rings is 2. The van der Waals surface area contributed by atoms with Gasteiger partial charge in [0.15, 0.2) is 0 Å². The third-order valence-corrected chi connectivity index (χ3v) is 6.54. The molecule has 0 radical (unpaired) electrons. The first-order chi connectivity index (χ1) is 7.27. The summed E-state index contributed by atoms with van der Waals surface area (Å²) >= 11 is 11.8. The van der Waals surface area contributed by atoms with Crippen molar-refractivity contribution in [3.8, 4) is 0 Å². The van der Waals surface area contributed by atoms with Crippen LogP contribution in [0.15, 0.2) is 48.5 Å². The van der Waals surface area contributed by atoms with E-state index in [1.54, 1.807) is 0 Å². The van der Waals surface area contributed by atoms with Crippen LogP contribution >= 0.6 is 23.2 Å². The van der Waals surface area contributed by atoms with Crippen molar-refractivity contribution < 1.29 is 0 Å². The molecule has 2 rings (SSSR count). The summed E-state index contributed by atoms with van der Waals surface area (Å²) in [5.41, 5.74) is 0. The van der Waals surface area contributed by atoms with Crippen LogP contribution in [0.3, 0.4) is 0 Å². The van der Waals surface area contributed by atoms with E-state index in [9.17, 15) is 0 Å². The van der Waals surface area contributed by atoms with Crippen molar-refractivity contribution >= 4 is 51.3 Å². The van der Waals surface area contributed by atoms with Crippen molar-refractivity contribution in [3.63, 3.8) is 0 Å². The Bertz CT molecular complexity index is 425. The molecule has 0 amide bonds. The first kappa shape index (κ1) is 11.3. The van der Waals surface area contributed by atoms with Gasteiger partial charge in [0, 0.05) is 0 Å². The first-order valence-corrected chi connectivity index (χ1v) is 7.53. The summed E-state index contributed by atoms with van der Waals surface area (Å²) in [6.45, 7) is 0. The molecule has 0 aromatic heterocycles. The van der Waals surface area contributed by atoms with Crippen LogP contribution in [0.4, 0.5) is 0 Å². The molecular formula is C12H8Cl2Te. The van der Waals surface area contributed by atoms with E-state index in [0.29, 0.717) is 0 Å². The second-order valence-corrected chi connectivity index (χ2v) is 6.87. The van der Waals surface area contributed by atoms with Crippen molar-refractivity contribution in [2.75, 3.05) is 0 Å². The van der Waals surface area contributed by atoms with Crippen molar-refractivity contribution in [1.82, 2.24) is 0 Å². The van der Waals surface area contributed by atoms with Crippen molar-refractivity contribution in [2.45, 2.75) is 0 Å². The van der Waals surface area contributed by atoms with E-state index in [0.717, 1.165) is 10.0 Å². The second kappa shape index (κ2) is 5.23. The van der Waals surface area contributed by atoms with E-state index in [1.807, 2.05) is 36.4 Å². The maximum atomic E-state index is 6.12. The normalized spacial score (nSPS) is 10.3. The van der Waals surface area contributed by atoms with Crippen LogP contribution in [-0.4, -0.2) is 20.9 Å². The van der Waals surface area contributed by atoms with Crippen LogP contribution < -0.4 is 7.22 Å². The zero-order valence-corrected chi connectivity index (χ0v) is 11.6. The van der Waals surface area contributed by atoms with Gasteiger partial charge in [0.2, 0.25) is 0 Å². The summed E-state index contributed by atoms with van der Waals surface area (Å²) in [6, 6.07) is 15.9. The van der Waals surface area contributed by atoms with Crippen LogP contribution in [0.2, 0.25) is 10.0 Å². The molecule has 3 heteroatoms. The van der Waals surface area contributed by atoms with E-state index < -0.39 is 20.9 Å². The molecule has 0 fully saturated rings. The molecule has 0 aliphatic heterocycles. The Kier molecular flexibility index (Phi) is 3.94. The summed E-state index contributed by atoms with van der Waals surface area (Å²) in [7, 11) is 0. The topological polar surface area (TPSA) is 0 Å². The van der Waals surface area contributed by atoms with E-state index in [2.05, 4.69) is 12.1 Å². The predicted octanol–water partition coefficient (Wildman–Crippen LogP) is 2.65. The quantitative estimate of drug-likeness (QED) is 0.731. The van der Waals surface area contributed by atoms with Gasteiger partial charge in [-0.2, -0.15) is 0 Å². The zero-order valence-electron chi connectivity index (χ0n) is 7.78. The Hall–Kier alpha value is -0.190. The van der Waals surface area contributed by atoms with E-state index >= 15 is 0 Å². The van der Waals surface area contributed by atoms with Crippen molar-refractivity contribution in [2.24, 2.45) is 0 Å². The molecule has 0 heterocycles. The van der Waals surface area contributed by atoms with Gasteiger partial charge in [0.25, 0.3) is 0 Å². The Morgan fingerprint density at radius 3 is 1.47 bits per heavy atom. The summed E-state index contributed by atoms with van der Waals surface area (Å²) < 4.78 is 2.47. The fourth-order valence-corrected chi connectivity index (χ4v) is 4.42. The third-order valence-electron chi connectivity index (χ3n) is 1.89. The zero-order chi connectivity index (χ0) is 10.7. The fraction of sp³-hybridized carbons (Fsp3) is 0. The molecule has 0 aliphatic rings. The van der Waals surface area contributed by atoms with Crippen LogP contribution in [0.1, 0.15) is 0 Å². The molecule has 0 bridgehead atoms. The van der Waals surface area contributed by atoms with Crippen LogP contribution in [0.5, 0.6) is 0 Å². The molecule has 0 saturated heterocycles. The Morgan fingerprint density at radius 1 is 0.667 bits per heavy atom. The van der Waals surface area contributed by atoms with Crippen molar-refractivity contribution in [3.05, 3.63) is 58.6 Å². The summed E-state index contributed by atoms with van der Waals surface area (Å²) in [5.74, 6) is 0. The molecule has 0 saturated carbocycles. The fourth-order valence-electron chi connectivity index (χ4n) is 1.17. The van der Waals surface area contributed by atoms with Gasteiger partial charge in [-0.1, -0.05) is 0 Å². The van der Waals surface area contributed by atoms with Gasteiger partial charge in [-0.15, -0.1) is 0 Å². The van der Waals surface area contributed by atoms with Gasteiger partial charge in [-0.25, -0.2) is 0 Å². The molecule has 0 nitrogen and oxygen atoms in total. The van der Waals surface area contributed by atoms with Gasteiger partial charge in [0.05, 0.1) is 0 Å². The maximum absolute atomic E-state index is 6.12. The molecular weight excluding hydrogens is 343 g/mol. The van der Waals surface area contributed by atoms with E-state index in [4.69, 9.17) is 23.2 Å². The minimum atomic E-state index is -0.471. The number of hydrogen-bond acceptors (Lipinski definition) is 0. The third kappa shape index (κ3) is 2.89. The SMILES string of the molecule is Clc1ccccc1[Te]c1ccccc1Cl. The first-order valence-electron chi connectivity index (χ1n) is 4.44. The number of hydrogen-bond donors (Lipinski definition) is 0. The number of rotatable bonds is 2.